The molecule has 3 rings (SSSR count). The molecule has 1 aliphatic rings. The molecular formula is C17H25ClN4O3S. The number of aromatic nitrogens is 2. The van der Waals surface area contributed by atoms with Gasteiger partial charge in [0.25, 0.3) is 5.89 Å². The second-order valence-electron chi connectivity index (χ2n) is 6.99. The highest BCUT2D eigenvalue weighted by atomic mass is 35.5. The van der Waals surface area contributed by atoms with Gasteiger partial charge in [0, 0.05) is 19.7 Å². The topological polar surface area (TPSA) is 102 Å². The summed E-state index contributed by atoms with van der Waals surface area (Å²) in [5.41, 5.74) is 7.98. The van der Waals surface area contributed by atoms with Crippen molar-refractivity contribution in [3.05, 3.63) is 29.1 Å². The summed E-state index contributed by atoms with van der Waals surface area (Å²) in [5.74, 6) is 0.792. The van der Waals surface area contributed by atoms with Gasteiger partial charge in [-0.2, -0.15) is 4.98 Å². The summed E-state index contributed by atoms with van der Waals surface area (Å²) in [6.07, 6.45) is 3.77. The fraction of sp³-hybridized carbons (Fsp3) is 0.529. The van der Waals surface area contributed by atoms with Crippen molar-refractivity contribution in [1.82, 2.24) is 14.4 Å². The lowest BCUT2D eigenvalue weighted by atomic mass is 9.98. The fourth-order valence-corrected chi connectivity index (χ4v) is 4.40. The Labute approximate surface area is 160 Å². The molecule has 144 valence electrons. The number of hydrogen-bond acceptors (Lipinski definition) is 6. The van der Waals surface area contributed by atoms with E-state index < -0.39 is 15.6 Å². The molecule has 1 heterocycles. The molecule has 0 amide bonds. The van der Waals surface area contributed by atoms with Crippen molar-refractivity contribution < 1.29 is 12.9 Å². The minimum absolute atomic E-state index is 0. The maximum atomic E-state index is 12.6. The predicted molar refractivity (Wildman–Crippen MR) is 102 cm³/mol. The van der Waals surface area contributed by atoms with Gasteiger partial charge in [-0.05, 0) is 49.9 Å². The normalized spacial score (nSPS) is 16.7. The van der Waals surface area contributed by atoms with E-state index in [1.165, 1.54) is 18.4 Å². The summed E-state index contributed by atoms with van der Waals surface area (Å²) in [4.78, 5) is 4.71. The molecule has 0 aliphatic heterocycles. The number of benzene rings is 1. The average Bonchev–Trinajstić information content (AvgIpc) is 3.19. The fourth-order valence-electron chi connectivity index (χ4n) is 3.19. The summed E-state index contributed by atoms with van der Waals surface area (Å²) >= 11 is 0. The molecule has 0 unspecified atom stereocenters. The molecule has 0 atom stereocenters. The van der Waals surface area contributed by atoms with Crippen LogP contribution in [0.5, 0.6) is 0 Å². The van der Waals surface area contributed by atoms with E-state index in [2.05, 4.69) is 10.1 Å². The highest BCUT2D eigenvalue weighted by Crippen LogP contribution is 2.36. The van der Waals surface area contributed by atoms with E-state index >= 15 is 0 Å². The van der Waals surface area contributed by atoms with Gasteiger partial charge >= 0.3 is 0 Å². The summed E-state index contributed by atoms with van der Waals surface area (Å²) in [7, 11) is -0.535. The van der Waals surface area contributed by atoms with Gasteiger partial charge in [-0.25, -0.2) is 12.7 Å². The molecule has 1 fully saturated rings. The van der Waals surface area contributed by atoms with Gasteiger partial charge in [0.05, 0.1) is 10.4 Å². The molecule has 0 saturated heterocycles. The van der Waals surface area contributed by atoms with Crippen molar-refractivity contribution in [1.29, 1.82) is 0 Å². The van der Waals surface area contributed by atoms with Crippen molar-refractivity contribution in [3.8, 4) is 11.5 Å². The third-order valence-electron chi connectivity index (χ3n) is 4.99. The molecule has 0 spiro atoms. The van der Waals surface area contributed by atoms with Crippen molar-refractivity contribution in [2.75, 3.05) is 14.1 Å². The van der Waals surface area contributed by atoms with E-state index in [9.17, 15) is 8.42 Å². The molecule has 1 aromatic carbocycles. The van der Waals surface area contributed by atoms with Crippen molar-refractivity contribution >= 4 is 22.4 Å². The van der Waals surface area contributed by atoms with Crippen molar-refractivity contribution in [2.45, 2.75) is 50.0 Å². The Morgan fingerprint density at radius 1 is 1.19 bits per heavy atom. The molecule has 0 radical (unpaired) electrons. The molecule has 1 saturated carbocycles. The number of nitrogens with two attached hydrogens (primary N) is 1. The number of hydrogen-bond donors (Lipinski definition) is 1. The number of sulfonamides is 1. The summed E-state index contributed by atoms with van der Waals surface area (Å²) in [6, 6.07) is 3.45. The summed E-state index contributed by atoms with van der Waals surface area (Å²) in [5, 5.41) is 4.05. The van der Waals surface area contributed by atoms with Crippen molar-refractivity contribution in [2.24, 2.45) is 5.73 Å². The lowest BCUT2D eigenvalue weighted by Gasteiger charge is -2.17. The van der Waals surface area contributed by atoms with Gasteiger partial charge in [0.15, 0.2) is 5.82 Å². The van der Waals surface area contributed by atoms with Crippen LogP contribution in [0.15, 0.2) is 21.6 Å². The predicted octanol–water partition coefficient (Wildman–Crippen LogP) is 2.75. The second-order valence-corrected chi connectivity index (χ2v) is 9.11. The zero-order valence-electron chi connectivity index (χ0n) is 15.4. The van der Waals surface area contributed by atoms with Crippen molar-refractivity contribution in [3.63, 3.8) is 0 Å². The first-order valence-corrected chi connectivity index (χ1v) is 9.76. The van der Waals surface area contributed by atoms with E-state index in [4.69, 9.17) is 10.3 Å². The molecule has 1 aromatic heterocycles. The molecule has 0 bridgehead atoms. The third-order valence-corrected chi connectivity index (χ3v) is 6.93. The Balaban J connectivity index is 0.00000243. The van der Waals surface area contributed by atoms with Crippen LogP contribution in [0.3, 0.4) is 0 Å². The quantitative estimate of drug-likeness (QED) is 0.846. The Morgan fingerprint density at radius 2 is 1.81 bits per heavy atom. The SMILES string of the molecule is Cc1cc(-c2nc(C3(N)CCCC3)no2)cc(S(=O)(=O)N(C)C)c1C.Cl. The second kappa shape index (κ2) is 7.26. The Morgan fingerprint density at radius 3 is 2.38 bits per heavy atom. The van der Waals surface area contributed by atoms with E-state index in [-0.39, 0.29) is 17.3 Å². The summed E-state index contributed by atoms with van der Waals surface area (Å²) in [6.45, 7) is 3.66. The van der Waals surface area contributed by atoms with Crippen LogP contribution in [0.2, 0.25) is 0 Å². The molecule has 7 nitrogen and oxygen atoms in total. The van der Waals surface area contributed by atoms with E-state index in [1.807, 2.05) is 13.0 Å². The zero-order chi connectivity index (χ0) is 18.4. The molecule has 26 heavy (non-hydrogen) atoms. The van der Waals surface area contributed by atoms with Crippen LogP contribution < -0.4 is 5.73 Å². The average molecular weight is 401 g/mol. The highest BCUT2D eigenvalue weighted by Gasteiger charge is 2.36. The molecular weight excluding hydrogens is 376 g/mol. The number of aryl methyl sites for hydroxylation is 1. The van der Waals surface area contributed by atoms with Crippen LogP contribution in [-0.2, 0) is 15.6 Å². The zero-order valence-corrected chi connectivity index (χ0v) is 17.1. The van der Waals surface area contributed by atoms with Gasteiger partial charge in [0.2, 0.25) is 10.0 Å². The molecule has 9 heteroatoms. The first kappa shape index (κ1) is 20.8. The van der Waals surface area contributed by atoms with Crippen LogP contribution in [0.4, 0.5) is 0 Å². The van der Waals surface area contributed by atoms with Crippen LogP contribution >= 0.6 is 12.4 Å². The van der Waals surface area contributed by atoms with Gasteiger partial charge < -0.3 is 10.3 Å². The van der Waals surface area contributed by atoms with Gasteiger partial charge in [-0.3, -0.25) is 0 Å². The number of halogens is 1. The monoisotopic (exact) mass is 400 g/mol. The van der Waals surface area contributed by atoms with Crippen LogP contribution in [-0.4, -0.2) is 37.0 Å². The lowest BCUT2D eigenvalue weighted by Crippen LogP contribution is -2.34. The van der Waals surface area contributed by atoms with E-state index in [0.29, 0.717) is 22.8 Å². The molecule has 1 aliphatic carbocycles. The minimum Gasteiger partial charge on any atom is -0.334 e. The van der Waals surface area contributed by atoms with Gasteiger partial charge in [-0.15, -0.1) is 12.4 Å². The number of nitrogens with zero attached hydrogens (tertiary/aromatic N) is 3. The Kier molecular flexibility index (Phi) is 5.82. The van der Waals surface area contributed by atoms with Crippen LogP contribution in [0.1, 0.15) is 42.6 Å². The van der Waals surface area contributed by atoms with Crippen LogP contribution in [0, 0.1) is 13.8 Å². The number of rotatable bonds is 4. The first-order chi connectivity index (χ1) is 11.6. The largest absolute Gasteiger partial charge is 0.334 e. The van der Waals surface area contributed by atoms with E-state index in [1.54, 1.807) is 13.0 Å². The lowest BCUT2D eigenvalue weighted by molar-refractivity contribution is 0.372. The standard InChI is InChI=1S/C17H24N4O3S.ClH/c1-11-9-13(10-14(12(11)2)25(22,23)21(3)4)15-19-16(20-24-15)17(18)7-5-6-8-17;/h9-10H,5-8,18H2,1-4H3;1H. The van der Waals surface area contributed by atoms with Gasteiger partial charge in [-0.1, -0.05) is 18.0 Å². The first-order valence-electron chi connectivity index (χ1n) is 8.32. The van der Waals surface area contributed by atoms with Gasteiger partial charge in [0.1, 0.15) is 0 Å². The highest BCUT2D eigenvalue weighted by molar-refractivity contribution is 7.89. The Bertz CT molecular complexity index is 903. The maximum Gasteiger partial charge on any atom is 0.258 e. The smallest absolute Gasteiger partial charge is 0.258 e. The maximum absolute atomic E-state index is 12.6. The van der Waals surface area contributed by atoms with E-state index in [0.717, 1.165) is 31.2 Å². The van der Waals surface area contributed by atoms with Crippen LogP contribution in [0.25, 0.3) is 11.5 Å². The molecule has 2 aromatic rings. The minimum atomic E-state index is -3.56. The molecule has 2 N–H and O–H groups in total. The summed E-state index contributed by atoms with van der Waals surface area (Å²) < 4.78 is 31.8. The Hall–Kier alpha value is -1.48. The third kappa shape index (κ3) is 3.51.